The first-order valence-corrected chi connectivity index (χ1v) is 7.74. The van der Waals surface area contributed by atoms with Crippen LogP contribution >= 0.6 is 15.9 Å². The maximum absolute atomic E-state index is 12.0. The van der Waals surface area contributed by atoms with Crippen LogP contribution in [0.5, 0.6) is 0 Å². The van der Waals surface area contributed by atoms with Crippen LogP contribution in [0.25, 0.3) is 0 Å². The predicted molar refractivity (Wildman–Crippen MR) is 81.3 cm³/mol. The Labute approximate surface area is 141 Å². The van der Waals surface area contributed by atoms with Gasteiger partial charge in [0.2, 0.25) is 0 Å². The normalized spacial score (nSPS) is 22.3. The highest BCUT2D eigenvalue weighted by atomic mass is 79.9. The fourth-order valence-electron chi connectivity index (χ4n) is 2.33. The molecule has 0 aliphatic heterocycles. The number of imidazole rings is 1. The molecular weight excluding hydrogens is 372 g/mol. The minimum Gasteiger partial charge on any atom is -0.466 e. The van der Waals surface area contributed by atoms with E-state index >= 15 is 0 Å². The molecule has 1 saturated carbocycles. The Balaban J connectivity index is 2.24. The molecule has 0 spiro atoms. The van der Waals surface area contributed by atoms with Crippen molar-refractivity contribution in [3.05, 3.63) is 17.7 Å². The number of halogens is 1. The van der Waals surface area contributed by atoms with E-state index in [1.165, 1.54) is 25.1 Å². The first-order chi connectivity index (χ1) is 10.9. The summed E-state index contributed by atoms with van der Waals surface area (Å²) in [4.78, 5) is 39.4. The number of hydrogen-bond donors (Lipinski definition) is 0. The van der Waals surface area contributed by atoms with Gasteiger partial charge in [0.25, 0.3) is 0 Å². The lowest BCUT2D eigenvalue weighted by Crippen LogP contribution is -2.22. The monoisotopic (exact) mass is 388 g/mol. The van der Waals surface area contributed by atoms with Crippen molar-refractivity contribution in [2.45, 2.75) is 24.2 Å². The largest absolute Gasteiger partial charge is 0.466 e. The number of methoxy groups -OCH3 is 2. The highest BCUT2D eigenvalue weighted by Crippen LogP contribution is 2.53. The molecule has 8 nitrogen and oxygen atoms in total. The maximum Gasteiger partial charge on any atom is 0.359 e. The van der Waals surface area contributed by atoms with E-state index in [0.29, 0.717) is 13.0 Å². The Bertz CT molecular complexity index is 643. The molecule has 0 bridgehead atoms. The van der Waals surface area contributed by atoms with Gasteiger partial charge < -0.3 is 18.8 Å². The van der Waals surface area contributed by atoms with Crippen molar-refractivity contribution in [2.24, 2.45) is 5.92 Å². The van der Waals surface area contributed by atoms with Crippen LogP contribution in [-0.2, 0) is 25.5 Å². The van der Waals surface area contributed by atoms with Crippen molar-refractivity contribution in [1.29, 1.82) is 0 Å². The molecule has 0 saturated heterocycles. The minimum atomic E-state index is -0.731. The number of carbonyl (C=O) groups is 3. The molecule has 0 radical (unpaired) electrons. The molecular formula is C14H17BrN2O6. The molecule has 0 N–H and O–H groups in total. The van der Waals surface area contributed by atoms with Gasteiger partial charge in [-0.15, -0.1) is 0 Å². The average Bonchev–Trinajstić information content (AvgIpc) is 3.02. The molecule has 1 aliphatic rings. The van der Waals surface area contributed by atoms with Crippen molar-refractivity contribution in [1.82, 2.24) is 9.55 Å². The molecule has 1 aromatic heterocycles. The second-order valence-electron chi connectivity index (χ2n) is 5.10. The van der Waals surface area contributed by atoms with E-state index in [-0.39, 0.29) is 29.8 Å². The molecule has 2 rings (SSSR count). The summed E-state index contributed by atoms with van der Waals surface area (Å²) in [6.07, 6.45) is 1.92. The summed E-state index contributed by atoms with van der Waals surface area (Å²) in [5, 5.41) is 0. The third-order valence-corrected chi connectivity index (χ3v) is 4.73. The summed E-state index contributed by atoms with van der Waals surface area (Å²) >= 11 is 3.51. The second kappa shape index (κ2) is 6.69. The highest BCUT2D eigenvalue weighted by molar-refractivity contribution is 9.10. The van der Waals surface area contributed by atoms with Gasteiger partial charge in [-0.05, 0) is 13.3 Å². The topological polar surface area (TPSA) is 96.7 Å². The van der Waals surface area contributed by atoms with Gasteiger partial charge in [-0.2, -0.15) is 0 Å². The van der Waals surface area contributed by atoms with Gasteiger partial charge in [0.15, 0.2) is 11.4 Å². The van der Waals surface area contributed by atoms with E-state index in [9.17, 15) is 14.4 Å². The molecule has 126 valence electrons. The first kappa shape index (κ1) is 17.5. The molecule has 0 aromatic carbocycles. The summed E-state index contributed by atoms with van der Waals surface area (Å²) in [6.45, 7) is 2.32. The Morgan fingerprint density at radius 3 is 2.57 bits per heavy atom. The summed E-state index contributed by atoms with van der Waals surface area (Å²) in [5.41, 5.74) is -0.128. The average molecular weight is 389 g/mol. The molecule has 1 aromatic rings. The highest BCUT2D eigenvalue weighted by Gasteiger charge is 2.58. The quantitative estimate of drug-likeness (QED) is 0.409. The zero-order valence-electron chi connectivity index (χ0n) is 13.0. The van der Waals surface area contributed by atoms with Gasteiger partial charge in [0.1, 0.15) is 0 Å². The van der Waals surface area contributed by atoms with Gasteiger partial charge in [0, 0.05) is 6.54 Å². The van der Waals surface area contributed by atoms with Crippen molar-refractivity contribution < 1.29 is 28.6 Å². The van der Waals surface area contributed by atoms with E-state index < -0.39 is 16.3 Å². The molecule has 0 amide bonds. The van der Waals surface area contributed by atoms with Gasteiger partial charge in [-0.25, -0.2) is 14.6 Å². The van der Waals surface area contributed by atoms with Crippen molar-refractivity contribution >= 4 is 33.8 Å². The Hall–Kier alpha value is -1.90. The van der Waals surface area contributed by atoms with Gasteiger partial charge in [-0.3, -0.25) is 4.79 Å². The lowest BCUT2D eigenvalue weighted by atomic mass is 10.2. The van der Waals surface area contributed by atoms with Crippen LogP contribution in [-0.4, -0.2) is 52.6 Å². The smallest absolute Gasteiger partial charge is 0.359 e. The minimum absolute atomic E-state index is 0.00677. The molecule has 23 heavy (non-hydrogen) atoms. The van der Waals surface area contributed by atoms with Crippen LogP contribution in [0.3, 0.4) is 0 Å². The van der Waals surface area contributed by atoms with Gasteiger partial charge in [-0.1, -0.05) is 15.9 Å². The number of rotatable bonds is 6. The van der Waals surface area contributed by atoms with Crippen molar-refractivity contribution in [2.75, 3.05) is 20.8 Å². The van der Waals surface area contributed by atoms with Crippen LogP contribution in [0.15, 0.2) is 6.33 Å². The standard InChI is InChI=1S/C14H17BrN2O6/c1-4-23-11(18)8-5-14(8,15)6-17-7-16-9(12(19)21-2)10(17)13(20)22-3/h7-8H,4-6H2,1-3H3/t8-,14+/m1/s1. The number of ether oxygens (including phenoxy) is 3. The van der Waals surface area contributed by atoms with Crippen LogP contribution in [0.1, 0.15) is 34.3 Å². The predicted octanol–water partition coefficient (Wildman–Crippen LogP) is 1.17. The molecule has 1 aliphatic carbocycles. The number of alkyl halides is 1. The SMILES string of the molecule is CCOC(=O)[C@H]1C[C@]1(Br)Cn1cnc(C(=O)OC)c1C(=O)OC. The Kier molecular flexibility index (Phi) is 5.08. The number of nitrogens with zero attached hydrogens (tertiary/aromatic N) is 2. The van der Waals surface area contributed by atoms with E-state index in [0.717, 1.165) is 0 Å². The third kappa shape index (κ3) is 3.39. The molecule has 9 heteroatoms. The summed E-state index contributed by atoms with van der Waals surface area (Å²) in [5.74, 6) is -2.04. The van der Waals surface area contributed by atoms with Crippen LogP contribution < -0.4 is 0 Å². The summed E-state index contributed by atoms with van der Waals surface area (Å²) in [6, 6.07) is 0. The zero-order valence-corrected chi connectivity index (χ0v) is 14.6. The molecule has 1 fully saturated rings. The second-order valence-corrected chi connectivity index (χ2v) is 6.68. The molecule has 2 atom stereocenters. The lowest BCUT2D eigenvalue weighted by Gasteiger charge is -2.13. The Morgan fingerprint density at radius 2 is 2.00 bits per heavy atom. The van der Waals surface area contributed by atoms with E-state index in [1.807, 2.05) is 0 Å². The van der Waals surface area contributed by atoms with E-state index in [4.69, 9.17) is 9.47 Å². The third-order valence-electron chi connectivity index (χ3n) is 3.61. The summed E-state index contributed by atoms with van der Waals surface area (Å²) < 4.78 is 15.3. The molecule has 1 heterocycles. The number of carbonyl (C=O) groups excluding carboxylic acids is 3. The lowest BCUT2D eigenvalue weighted by molar-refractivity contribution is -0.144. The number of aromatic nitrogens is 2. The summed E-state index contributed by atoms with van der Waals surface area (Å²) in [7, 11) is 2.41. The fourth-order valence-corrected chi connectivity index (χ4v) is 3.12. The Morgan fingerprint density at radius 1 is 1.35 bits per heavy atom. The van der Waals surface area contributed by atoms with Gasteiger partial charge >= 0.3 is 17.9 Å². The van der Waals surface area contributed by atoms with Crippen LogP contribution in [0.2, 0.25) is 0 Å². The fraction of sp³-hybridized carbons (Fsp3) is 0.571. The maximum atomic E-state index is 12.0. The van der Waals surface area contributed by atoms with Crippen molar-refractivity contribution in [3.8, 4) is 0 Å². The van der Waals surface area contributed by atoms with Crippen LogP contribution in [0, 0.1) is 5.92 Å². The van der Waals surface area contributed by atoms with Crippen LogP contribution in [0.4, 0.5) is 0 Å². The zero-order chi connectivity index (χ0) is 17.2. The first-order valence-electron chi connectivity index (χ1n) is 6.95. The van der Waals surface area contributed by atoms with E-state index in [2.05, 4.69) is 25.7 Å². The molecule has 0 unspecified atom stereocenters. The van der Waals surface area contributed by atoms with Crippen molar-refractivity contribution in [3.63, 3.8) is 0 Å². The van der Waals surface area contributed by atoms with E-state index in [1.54, 1.807) is 6.92 Å². The van der Waals surface area contributed by atoms with Gasteiger partial charge in [0.05, 0.1) is 37.4 Å². The number of esters is 3. The number of hydrogen-bond acceptors (Lipinski definition) is 7.